The molecule has 1 heterocycles. The van der Waals surface area contributed by atoms with E-state index in [1.807, 2.05) is 6.07 Å². The van der Waals surface area contributed by atoms with E-state index in [2.05, 4.69) is 16.4 Å². The van der Waals surface area contributed by atoms with E-state index in [9.17, 15) is 4.79 Å². The molecular formula is C18H24N2O3. The summed E-state index contributed by atoms with van der Waals surface area (Å²) in [6, 6.07) is 4.21. The molecule has 1 amide bonds. The zero-order chi connectivity index (χ0) is 16.2. The van der Waals surface area contributed by atoms with Gasteiger partial charge in [0.25, 0.3) is 0 Å². The molecule has 124 valence electrons. The summed E-state index contributed by atoms with van der Waals surface area (Å²) < 4.78 is 6.04. The monoisotopic (exact) mass is 316 g/mol. The van der Waals surface area contributed by atoms with E-state index in [0.717, 1.165) is 55.5 Å². The topological polar surface area (TPSA) is 75.4 Å². The number of oxazole rings is 1. The Kier molecular flexibility index (Phi) is 4.96. The largest absolute Gasteiger partial charge is 0.440 e. The lowest BCUT2D eigenvalue weighted by molar-refractivity contribution is -0.118. The molecule has 0 spiro atoms. The van der Waals surface area contributed by atoms with E-state index in [4.69, 9.17) is 9.52 Å². The molecule has 2 aromatic rings. The first kappa shape index (κ1) is 16.0. The van der Waals surface area contributed by atoms with E-state index < -0.39 is 0 Å². The van der Waals surface area contributed by atoms with Crippen molar-refractivity contribution in [2.75, 3.05) is 13.2 Å². The fourth-order valence-electron chi connectivity index (χ4n) is 3.44. The van der Waals surface area contributed by atoms with Gasteiger partial charge in [-0.25, -0.2) is 4.98 Å². The van der Waals surface area contributed by atoms with Crippen molar-refractivity contribution >= 4 is 17.0 Å². The summed E-state index contributed by atoms with van der Waals surface area (Å²) in [7, 11) is 0. The quantitative estimate of drug-likeness (QED) is 0.770. The third-order valence-corrected chi connectivity index (χ3v) is 4.57. The van der Waals surface area contributed by atoms with Gasteiger partial charge in [-0.2, -0.15) is 0 Å². The van der Waals surface area contributed by atoms with Crippen LogP contribution >= 0.6 is 0 Å². The summed E-state index contributed by atoms with van der Waals surface area (Å²) in [5.41, 5.74) is 4.48. The Morgan fingerprint density at radius 3 is 3.09 bits per heavy atom. The van der Waals surface area contributed by atoms with E-state index in [1.54, 1.807) is 6.92 Å². The van der Waals surface area contributed by atoms with Gasteiger partial charge in [-0.1, -0.05) is 6.07 Å². The van der Waals surface area contributed by atoms with Crippen LogP contribution in [0.4, 0.5) is 0 Å². The highest BCUT2D eigenvalue weighted by Gasteiger charge is 2.27. The van der Waals surface area contributed by atoms with Crippen molar-refractivity contribution in [3.05, 3.63) is 29.2 Å². The van der Waals surface area contributed by atoms with Gasteiger partial charge in [0.2, 0.25) is 5.91 Å². The Morgan fingerprint density at radius 2 is 2.30 bits per heavy atom. The highest BCUT2D eigenvalue weighted by atomic mass is 16.3. The fourth-order valence-corrected chi connectivity index (χ4v) is 3.44. The molecule has 0 saturated heterocycles. The van der Waals surface area contributed by atoms with Crippen molar-refractivity contribution in [3.63, 3.8) is 0 Å². The van der Waals surface area contributed by atoms with Gasteiger partial charge in [0.1, 0.15) is 5.52 Å². The lowest BCUT2D eigenvalue weighted by Gasteiger charge is -2.11. The van der Waals surface area contributed by atoms with Gasteiger partial charge in [-0.15, -0.1) is 0 Å². The average Bonchev–Trinajstić information content (AvgIpc) is 3.10. The van der Waals surface area contributed by atoms with Crippen LogP contribution in [0.1, 0.15) is 55.5 Å². The number of hydrogen-bond acceptors (Lipinski definition) is 4. The predicted octanol–water partition coefficient (Wildman–Crippen LogP) is 2.70. The summed E-state index contributed by atoms with van der Waals surface area (Å²) >= 11 is 0. The molecule has 1 aromatic carbocycles. The molecule has 1 aromatic heterocycles. The second kappa shape index (κ2) is 7.13. The lowest BCUT2D eigenvalue weighted by Crippen LogP contribution is -2.22. The van der Waals surface area contributed by atoms with E-state index in [0.29, 0.717) is 12.5 Å². The van der Waals surface area contributed by atoms with Crippen molar-refractivity contribution < 1.29 is 14.3 Å². The molecule has 5 heteroatoms. The maximum atomic E-state index is 11.0. The number of carbonyl (C=O) groups excluding carboxylic acids is 1. The molecule has 1 aliphatic rings. The van der Waals surface area contributed by atoms with Crippen molar-refractivity contribution in [1.29, 1.82) is 0 Å². The number of nitrogens with one attached hydrogen (secondary N) is 1. The minimum Gasteiger partial charge on any atom is -0.440 e. The van der Waals surface area contributed by atoms with Crippen LogP contribution < -0.4 is 5.32 Å². The van der Waals surface area contributed by atoms with Gasteiger partial charge in [0, 0.05) is 32.1 Å². The molecule has 0 saturated carbocycles. The van der Waals surface area contributed by atoms with E-state index in [-0.39, 0.29) is 12.5 Å². The maximum absolute atomic E-state index is 11.0. The minimum atomic E-state index is 0.0206. The number of benzene rings is 1. The first-order chi connectivity index (χ1) is 11.2. The van der Waals surface area contributed by atoms with Crippen LogP contribution in [-0.4, -0.2) is 29.1 Å². The standard InChI is InChI=1S/C18H24N2O3/c1-12(22)19-10-9-14-6-5-13-7-8-15-18(17(13)14)23-16(20-15)4-2-3-11-21/h7-8,14,21H,2-6,9-11H2,1H3,(H,19,22). The normalized spacial score (nSPS) is 16.7. The maximum Gasteiger partial charge on any atom is 0.216 e. The molecule has 1 atom stereocenters. The first-order valence-electron chi connectivity index (χ1n) is 8.45. The Bertz CT molecular complexity index is 693. The summed E-state index contributed by atoms with van der Waals surface area (Å²) in [5.74, 6) is 1.21. The average molecular weight is 316 g/mol. The molecule has 5 nitrogen and oxygen atoms in total. The third kappa shape index (κ3) is 3.55. The number of nitrogens with zero attached hydrogens (tertiary/aromatic N) is 1. The predicted molar refractivity (Wildman–Crippen MR) is 88.4 cm³/mol. The number of unbranched alkanes of at least 4 members (excludes halogenated alkanes) is 1. The number of carbonyl (C=O) groups is 1. The molecule has 2 N–H and O–H groups in total. The van der Waals surface area contributed by atoms with Crippen LogP contribution in [0.3, 0.4) is 0 Å². The SMILES string of the molecule is CC(=O)NCCC1CCc2ccc3nc(CCCCO)oc3c21. The van der Waals surface area contributed by atoms with Gasteiger partial charge < -0.3 is 14.8 Å². The molecule has 23 heavy (non-hydrogen) atoms. The summed E-state index contributed by atoms with van der Waals surface area (Å²) in [6.07, 6.45) is 5.53. The van der Waals surface area contributed by atoms with E-state index >= 15 is 0 Å². The van der Waals surface area contributed by atoms with Crippen LogP contribution in [0.2, 0.25) is 0 Å². The zero-order valence-electron chi connectivity index (χ0n) is 13.6. The van der Waals surface area contributed by atoms with Gasteiger partial charge in [-0.05, 0) is 49.7 Å². The summed E-state index contributed by atoms with van der Waals surface area (Å²) in [5, 5.41) is 11.8. The molecule has 0 fully saturated rings. The lowest BCUT2D eigenvalue weighted by atomic mass is 9.97. The van der Waals surface area contributed by atoms with E-state index in [1.165, 1.54) is 11.1 Å². The van der Waals surface area contributed by atoms with Gasteiger partial charge in [0.05, 0.1) is 0 Å². The summed E-state index contributed by atoms with van der Waals surface area (Å²) in [6.45, 7) is 2.46. The molecular weight excluding hydrogens is 292 g/mol. The number of aryl methyl sites for hydroxylation is 2. The van der Waals surface area contributed by atoms with Crippen molar-refractivity contribution in [3.8, 4) is 0 Å². The number of aliphatic hydroxyl groups excluding tert-OH is 1. The molecule has 0 aliphatic heterocycles. The van der Waals surface area contributed by atoms with Crippen LogP contribution in [-0.2, 0) is 17.6 Å². The van der Waals surface area contributed by atoms with Gasteiger partial charge in [-0.3, -0.25) is 4.79 Å². The molecule has 1 aliphatic carbocycles. The van der Waals surface area contributed by atoms with Crippen molar-refractivity contribution in [2.24, 2.45) is 0 Å². The Morgan fingerprint density at radius 1 is 1.43 bits per heavy atom. The Hall–Kier alpha value is -1.88. The number of rotatable bonds is 7. The smallest absolute Gasteiger partial charge is 0.216 e. The Labute approximate surface area is 136 Å². The van der Waals surface area contributed by atoms with Crippen LogP contribution in [0.25, 0.3) is 11.1 Å². The molecule has 1 unspecified atom stereocenters. The second-order valence-corrected chi connectivity index (χ2v) is 6.28. The van der Waals surface area contributed by atoms with Gasteiger partial charge in [0.15, 0.2) is 11.5 Å². The highest BCUT2D eigenvalue weighted by Crippen LogP contribution is 2.40. The number of amides is 1. The van der Waals surface area contributed by atoms with Crippen molar-refractivity contribution in [1.82, 2.24) is 10.3 Å². The number of hydrogen-bond donors (Lipinski definition) is 2. The number of fused-ring (bicyclic) bond motifs is 3. The molecule has 3 rings (SSSR count). The minimum absolute atomic E-state index is 0.0206. The summed E-state index contributed by atoms with van der Waals surface area (Å²) in [4.78, 5) is 15.6. The van der Waals surface area contributed by atoms with Gasteiger partial charge >= 0.3 is 0 Å². The second-order valence-electron chi connectivity index (χ2n) is 6.28. The van der Waals surface area contributed by atoms with Crippen molar-refractivity contribution in [2.45, 2.75) is 51.4 Å². The van der Waals surface area contributed by atoms with Crippen LogP contribution in [0.15, 0.2) is 16.5 Å². The third-order valence-electron chi connectivity index (χ3n) is 4.57. The Balaban J connectivity index is 1.79. The highest BCUT2D eigenvalue weighted by molar-refractivity contribution is 5.79. The fraction of sp³-hybridized carbons (Fsp3) is 0.556. The van der Waals surface area contributed by atoms with Crippen LogP contribution in [0, 0.1) is 0 Å². The number of aliphatic hydroxyl groups is 1. The molecule has 0 radical (unpaired) electrons. The number of aromatic nitrogens is 1. The zero-order valence-corrected chi connectivity index (χ0v) is 13.6. The first-order valence-corrected chi connectivity index (χ1v) is 8.45. The molecule has 0 bridgehead atoms. The van der Waals surface area contributed by atoms with Crippen LogP contribution in [0.5, 0.6) is 0 Å².